The van der Waals surface area contributed by atoms with Crippen molar-refractivity contribution in [3.05, 3.63) is 47.0 Å². The van der Waals surface area contributed by atoms with Crippen LogP contribution in [0, 0.1) is 6.92 Å². The molecule has 0 fully saturated rings. The molecule has 25 heavy (non-hydrogen) atoms. The molecule has 3 aromatic rings. The maximum atomic E-state index is 9.73. The third-order valence-corrected chi connectivity index (χ3v) is 4.76. The number of nitrogens with zero attached hydrogens (tertiary/aromatic N) is 4. The highest BCUT2D eigenvalue weighted by Gasteiger charge is 2.20. The molecule has 0 amide bonds. The number of aromatic nitrogens is 4. The van der Waals surface area contributed by atoms with Crippen molar-refractivity contribution in [2.24, 2.45) is 0 Å². The van der Waals surface area contributed by atoms with Crippen molar-refractivity contribution in [3.8, 4) is 0 Å². The first kappa shape index (κ1) is 16.3. The Hall–Kier alpha value is -2.22. The van der Waals surface area contributed by atoms with Crippen molar-refractivity contribution >= 4 is 11.0 Å². The first-order chi connectivity index (χ1) is 12.1. The fraction of sp³-hybridized carbons (Fsp3) is 0.444. The summed E-state index contributed by atoms with van der Waals surface area (Å²) in [5.41, 5.74) is 4.96. The molecule has 7 nitrogen and oxygen atoms in total. The van der Waals surface area contributed by atoms with E-state index in [0.29, 0.717) is 5.69 Å². The second kappa shape index (κ2) is 6.59. The Morgan fingerprint density at radius 2 is 2.16 bits per heavy atom. The van der Waals surface area contributed by atoms with E-state index in [1.54, 1.807) is 0 Å². The summed E-state index contributed by atoms with van der Waals surface area (Å²) < 4.78 is 1.93. The van der Waals surface area contributed by atoms with Gasteiger partial charge in [0.15, 0.2) is 0 Å². The molecule has 0 aliphatic carbocycles. The fourth-order valence-electron chi connectivity index (χ4n) is 3.35. The lowest BCUT2D eigenvalue weighted by Crippen LogP contribution is -2.35. The zero-order valence-corrected chi connectivity index (χ0v) is 14.3. The molecule has 0 unspecified atom stereocenters. The number of rotatable bonds is 5. The summed E-state index contributed by atoms with van der Waals surface area (Å²) in [5.74, 6) is 1.01. The van der Waals surface area contributed by atoms with Gasteiger partial charge in [-0.15, -0.1) is 0 Å². The molecule has 1 atom stereocenters. The SMILES string of the molecule is Cc1ccc2nc(CCN3CCn4nc([C@@H](O)CO)cc4C3)[nH]c2c1. The van der Waals surface area contributed by atoms with Crippen LogP contribution >= 0.6 is 0 Å². The minimum Gasteiger partial charge on any atom is -0.393 e. The van der Waals surface area contributed by atoms with Crippen LogP contribution in [-0.4, -0.2) is 54.6 Å². The molecule has 1 aromatic carbocycles. The van der Waals surface area contributed by atoms with Gasteiger partial charge in [0, 0.05) is 26.1 Å². The number of aromatic amines is 1. The molecule has 132 valence electrons. The van der Waals surface area contributed by atoms with Gasteiger partial charge < -0.3 is 15.2 Å². The molecule has 7 heteroatoms. The number of nitrogens with one attached hydrogen (secondary N) is 1. The molecule has 3 heterocycles. The van der Waals surface area contributed by atoms with Crippen LogP contribution in [0.25, 0.3) is 11.0 Å². The van der Waals surface area contributed by atoms with Crippen LogP contribution in [0.15, 0.2) is 24.3 Å². The number of fused-ring (bicyclic) bond motifs is 2. The highest BCUT2D eigenvalue weighted by Crippen LogP contribution is 2.19. The van der Waals surface area contributed by atoms with Gasteiger partial charge >= 0.3 is 0 Å². The molecule has 4 rings (SSSR count). The minimum absolute atomic E-state index is 0.300. The topological polar surface area (TPSA) is 90.2 Å². The Balaban J connectivity index is 1.41. The van der Waals surface area contributed by atoms with Crippen molar-refractivity contribution in [2.75, 3.05) is 19.7 Å². The lowest BCUT2D eigenvalue weighted by molar-refractivity contribution is 0.0915. The van der Waals surface area contributed by atoms with Gasteiger partial charge in [-0.3, -0.25) is 9.58 Å². The van der Waals surface area contributed by atoms with Gasteiger partial charge in [0.2, 0.25) is 0 Å². The molecular weight excluding hydrogens is 318 g/mol. The van der Waals surface area contributed by atoms with Crippen molar-refractivity contribution in [1.29, 1.82) is 0 Å². The molecule has 0 saturated carbocycles. The fourth-order valence-corrected chi connectivity index (χ4v) is 3.35. The number of aliphatic hydroxyl groups is 2. The molecule has 0 spiro atoms. The Labute approximate surface area is 145 Å². The van der Waals surface area contributed by atoms with Crippen LogP contribution in [0.1, 0.15) is 28.9 Å². The molecule has 0 bridgehead atoms. The molecule has 2 aromatic heterocycles. The first-order valence-electron chi connectivity index (χ1n) is 8.65. The Bertz CT molecular complexity index is 885. The molecular formula is C18H23N5O2. The van der Waals surface area contributed by atoms with E-state index >= 15 is 0 Å². The molecule has 0 saturated heterocycles. The smallest absolute Gasteiger partial charge is 0.121 e. The van der Waals surface area contributed by atoms with Crippen molar-refractivity contribution in [3.63, 3.8) is 0 Å². The molecule has 0 radical (unpaired) electrons. The standard InChI is InChI=1S/C18H23N5O2/c1-12-2-3-14-15(8-12)20-18(19-14)4-5-22-6-7-23-13(10-22)9-16(21-23)17(25)11-24/h2-3,8-9,17,24-25H,4-7,10-11H2,1H3,(H,19,20)/t17-/m0/s1. The summed E-state index contributed by atoms with van der Waals surface area (Å²) in [6.45, 7) is 5.21. The summed E-state index contributed by atoms with van der Waals surface area (Å²) in [6.07, 6.45) is -0.0286. The number of hydrogen-bond donors (Lipinski definition) is 3. The zero-order valence-electron chi connectivity index (χ0n) is 14.3. The Morgan fingerprint density at radius 3 is 3.00 bits per heavy atom. The summed E-state index contributed by atoms with van der Waals surface area (Å²) in [6, 6.07) is 8.14. The maximum Gasteiger partial charge on any atom is 0.121 e. The number of benzene rings is 1. The lowest BCUT2D eigenvalue weighted by atomic mass is 10.2. The first-order valence-corrected chi connectivity index (χ1v) is 8.65. The van der Waals surface area contributed by atoms with Gasteiger partial charge in [-0.25, -0.2) is 4.98 Å². The van der Waals surface area contributed by atoms with Crippen LogP contribution in [0.2, 0.25) is 0 Å². The predicted molar refractivity (Wildman–Crippen MR) is 94.1 cm³/mol. The number of aryl methyl sites for hydroxylation is 1. The Kier molecular flexibility index (Phi) is 4.29. The molecule has 1 aliphatic heterocycles. The highest BCUT2D eigenvalue weighted by atomic mass is 16.3. The quantitative estimate of drug-likeness (QED) is 0.648. The van der Waals surface area contributed by atoms with Gasteiger partial charge in [0.1, 0.15) is 11.9 Å². The number of hydrogen-bond acceptors (Lipinski definition) is 5. The van der Waals surface area contributed by atoms with Gasteiger partial charge in [-0.1, -0.05) is 6.07 Å². The third kappa shape index (κ3) is 3.30. The second-order valence-electron chi connectivity index (χ2n) is 6.71. The van der Waals surface area contributed by atoms with E-state index in [1.165, 1.54) is 5.56 Å². The van der Waals surface area contributed by atoms with E-state index in [-0.39, 0.29) is 6.61 Å². The number of H-pyrrole nitrogens is 1. The summed E-state index contributed by atoms with van der Waals surface area (Å²) in [4.78, 5) is 10.4. The van der Waals surface area contributed by atoms with Crippen LogP contribution in [-0.2, 0) is 19.5 Å². The van der Waals surface area contributed by atoms with Gasteiger partial charge in [-0.05, 0) is 30.7 Å². The Morgan fingerprint density at radius 1 is 1.28 bits per heavy atom. The summed E-state index contributed by atoms with van der Waals surface area (Å²) >= 11 is 0. The van der Waals surface area contributed by atoms with Crippen molar-refractivity contribution < 1.29 is 10.2 Å². The van der Waals surface area contributed by atoms with Crippen LogP contribution in [0.4, 0.5) is 0 Å². The van der Waals surface area contributed by atoms with E-state index < -0.39 is 6.10 Å². The van der Waals surface area contributed by atoms with Gasteiger partial charge in [0.25, 0.3) is 0 Å². The third-order valence-electron chi connectivity index (χ3n) is 4.76. The van der Waals surface area contributed by atoms with Gasteiger partial charge in [0.05, 0.1) is 35.6 Å². The van der Waals surface area contributed by atoms with E-state index in [9.17, 15) is 5.11 Å². The summed E-state index contributed by atoms with van der Waals surface area (Å²) in [5, 5.41) is 23.2. The average molecular weight is 341 g/mol. The van der Waals surface area contributed by atoms with E-state index in [0.717, 1.165) is 55.2 Å². The maximum absolute atomic E-state index is 9.73. The van der Waals surface area contributed by atoms with Gasteiger partial charge in [-0.2, -0.15) is 5.10 Å². The van der Waals surface area contributed by atoms with Crippen LogP contribution in [0.3, 0.4) is 0 Å². The normalized spacial score (nSPS) is 16.3. The predicted octanol–water partition coefficient (Wildman–Crippen LogP) is 1.15. The lowest BCUT2D eigenvalue weighted by Gasteiger charge is -2.27. The summed E-state index contributed by atoms with van der Waals surface area (Å²) in [7, 11) is 0. The minimum atomic E-state index is -0.898. The van der Waals surface area contributed by atoms with Crippen LogP contribution in [0.5, 0.6) is 0 Å². The van der Waals surface area contributed by atoms with E-state index in [2.05, 4.69) is 45.1 Å². The van der Waals surface area contributed by atoms with E-state index in [4.69, 9.17) is 5.11 Å². The largest absolute Gasteiger partial charge is 0.393 e. The highest BCUT2D eigenvalue weighted by molar-refractivity contribution is 5.75. The number of imidazole rings is 1. The average Bonchev–Trinajstić information content (AvgIpc) is 3.21. The molecule has 3 N–H and O–H groups in total. The monoisotopic (exact) mass is 341 g/mol. The van der Waals surface area contributed by atoms with E-state index in [1.807, 2.05) is 10.7 Å². The second-order valence-corrected chi connectivity index (χ2v) is 6.71. The van der Waals surface area contributed by atoms with Crippen molar-refractivity contribution in [2.45, 2.75) is 32.5 Å². The van der Waals surface area contributed by atoms with Crippen molar-refractivity contribution in [1.82, 2.24) is 24.6 Å². The molecule has 1 aliphatic rings. The van der Waals surface area contributed by atoms with Crippen LogP contribution < -0.4 is 0 Å². The zero-order chi connectivity index (χ0) is 17.4. The number of aliphatic hydroxyl groups excluding tert-OH is 2.